The highest BCUT2D eigenvalue weighted by Gasteiger charge is 2.30. The molecular weight excluding hydrogens is 458 g/mol. The zero-order valence-electron chi connectivity index (χ0n) is 22.4. The van der Waals surface area contributed by atoms with Gasteiger partial charge in [0.15, 0.2) is 5.65 Å². The van der Waals surface area contributed by atoms with E-state index in [4.69, 9.17) is 4.98 Å². The number of hydrogen-bond donors (Lipinski definition) is 1. The number of nitrogens with zero attached hydrogens (tertiary/aromatic N) is 6. The van der Waals surface area contributed by atoms with Crippen LogP contribution < -0.4 is 5.32 Å². The van der Waals surface area contributed by atoms with Crippen LogP contribution in [-0.4, -0.2) is 99.0 Å². The highest BCUT2D eigenvalue weighted by atomic mass is 16.2. The molecule has 4 rings (SSSR count). The molecule has 2 aromatic rings. The first-order valence-corrected chi connectivity index (χ1v) is 12.9. The van der Waals surface area contributed by atoms with Crippen LogP contribution in [0.5, 0.6) is 0 Å². The predicted octanol–water partition coefficient (Wildman–Crippen LogP) is 2.02. The number of amides is 3. The van der Waals surface area contributed by atoms with E-state index in [0.29, 0.717) is 44.2 Å². The molecule has 10 heteroatoms. The van der Waals surface area contributed by atoms with E-state index in [1.807, 2.05) is 45.4 Å². The third kappa shape index (κ3) is 6.03. The Morgan fingerprint density at radius 1 is 1.14 bits per heavy atom. The third-order valence-electron chi connectivity index (χ3n) is 6.63. The largest absolute Gasteiger partial charge is 0.350 e. The maximum absolute atomic E-state index is 13.5. The van der Waals surface area contributed by atoms with Gasteiger partial charge in [-0.15, -0.1) is 0 Å². The van der Waals surface area contributed by atoms with Gasteiger partial charge in [-0.2, -0.15) is 5.10 Å². The SMILES string of the molecule is CC(C)n1ncc2c(C(=O)N(C)CC(=O)N3CCN(CC(=O)NC(C)(C)C)CC3)cc(C3CC3)nc21. The minimum atomic E-state index is -0.265. The Morgan fingerprint density at radius 2 is 1.81 bits per heavy atom. The highest BCUT2D eigenvalue weighted by Crippen LogP contribution is 2.40. The van der Waals surface area contributed by atoms with Crippen molar-refractivity contribution >= 4 is 28.8 Å². The second-order valence-corrected chi connectivity index (χ2v) is 11.4. The molecule has 10 nitrogen and oxygen atoms in total. The molecule has 1 saturated carbocycles. The summed E-state index contributed by atoms with van der Waals surface area (Å²) in [6.45, 7) is 12.6. The van der Waals surface area contributed by atoms with E-state index in [1.54, 1.807) is 18.1 Å². The lowest BCUT2D eigenvalue weighted by molar-refractivity contribution is -0.133. The van der Waals surface area contributed by atoms with Gasteiger partial charge in [-0.3, -0.25) is 19.3 Å². The molecule has 3 heterocycles. The Labute approximate surface area is 213 Å². The van der Waals surface area contributed by atoms with Crippen molar-refractivity contribution < 1.29 is 14.4 Å². The van der Waals surface area contributed by atoms with Crippen LogP contribution in [0.2, 0.25) is 0 Å². The molecule has 0 bridgehead atoms. The van der Waals surface area contributed by atoms with Crippen molar-refractivity contribution in [2.24, 2.45) is 0 Å². The zero-order chi connectivity index (χ0) is 26.2. The molecule has 0 unspecified atom stereocenters. The summed E-state index contributed by atoms with van der Waals surface area (Å²) in [5.41, 5.74) is 1.95. The van der Waals surface area contributed by atoms with Crippen LogP contribution >= 0.6 is 0 Å². The van der Waals surface area contributed by atoms with Gasteiger partial charge in [0.25, 0.3) is 5.91 Å². The number of nitrogens with one attached hydrogen (secondary N) is 1. The number of likely N-dealkylation sites (N-methyl/N-ethyl adjacent to an activating group) is 1. The Balaban J connectivity index is 1.38. The molecule has 0 radical (unpaired) electrons. The van der Waals surface area contributed by atoms with Crippen LogP contribution in [0.3, 0.4) is 0 Å². The van der Waals surface area contributed by atoms with Crippen molar-refractivity contribution in [3.05, 3.63) is 23.5 Å². The quantitative estimate of drug-likeness (QED) is 0.628. The van der Waals surface area contributed by atoms with Crippen molar-refractivity contribution in [2.75, 3.05) is 46.3 Å². The zero-order valence-corrected chi connectivity index (χ0v) is 22.4. The lowest BCUT2D eigenvalue weighted by Gasteiger charge is -2.35. The second-order valence-electron chi connectivity index (χ2n) is 11.4. The Kier molecular flexibility index (Phi) is 7.36. The highest BCUT2D eigenvalue weighted by molar-refractivity contribution is 6.06. The van der Waals surface area contributed by atoms with E-state index in [0.717, 1.165) is 29.6 Å². The Morgan fingerprint density at radius 3 is 2.39 bits per heavy atom. The summed E-state index contributed by atoms with van der Waals surface area (Å²) in [5.74, 6) is 0.0986. The van der Waals surface area contributed by atoms with Crippen molar-refractivity contribution in [3.8, 4) is 0 Å². The van der Waals surface area contributed by atoms with Crippen molar-refractivity contribution in [1.29, 1.82) is 0 Å². The lowest BCUT2D eigenvalue weighted by Crippen LogP contribution is -2.54. The maximum Gasteiger partial charge on any atom is 0.254 e. The van der Waals surface area contributed by atoms with Gasteiger partial charge in [0.1, 0.15) is 0 Å². The van der Waals surface area contributed by atoms with Gasteiger partial charge in [0.05, 0.1) is 30.2 Å². The minimum Gasteiger partial charge on any atom is -0.350 e. The third-order valence-corrected chi connectivity index (χ3v) is 6.63. The van der Waals surface area contributed by atoms with Gasteiger partial charge in [-0.25, -0.2) is 9.67 Å². The maximum atomic E-state index is 13.5. The van der Waals surface area contributed by atoms with E-state index in [-0.39, 0.29) is 35.8 Å². The summed E-state index contributed by atoms with van der Waals surface area (Å²) < 4.78 is 1.85. The first-order chi connectivity index (χ1) is 16.9. The summed E-state index contributed by atoms with van der Waals surface area (Å²) in [5, 5.41) is 8.17. The molecule has 1 aliphatic heterocycles. The molecule has 0 atom stereocenters. The van der Waals surface area contributed by atoms with Crippen molar-refractivity contribution in [3.63, 3.8) is 0 Å². The first-order valence-electron chi connectivity index (χ1n) is 12.9. The summed E-state index contributed by atoms with van der Waals surface area (Å²) in [6.07, 6.45) is 3.87. The molecule has 1 saturated heterocycles. The molecule has 2 aromatic heterocycles. The van der Waals surface area contributed by atoms with E-state index in [2.05, 4.69) is 15.3 Å². The summed E-state index contributed by atoms with van der Waals surface area (Å²) >= 11 is 0. The number of aromatic nitrogens is 3. The van der Waals surface area contributed by atoms with Crippen molar-refractivity contribution in [1.82, 2.24) is 34.8 Å². The van der Waals surface area contributed by atoms with Gasteiger partial charge >= 0.3 is 0 Å². The van der Waals surface area contributed by atoms with Gasteiger partial charge < -0.3 is 15.1 Å². The fourth-order valence-electron chi connectivity index (χ4n) is 4.58. The van der Waals surface area contributed by atoms with E-state index in [1.165, 1.54) is 4.90 Å². The molecule has 2 aliphatic rings. The van der Waals surface area contributed by atoms with Crippen LogP contribution in [-0.2, 0) is 9.59 Å². The molecule has 36 heavy (non-hydrogen) atoms. The standard InChI is InChI=1S/C26H39N7O3/c1-17(2)33-24-20(14-27-33)19(13-21(28-24)18-7-8-18)25(36)30(6)16-23(35)32-11-9-31(10-12-32)15-22(34)29-26(3,4)5/h13-14,17-18H,7-12,15-16H2,1-6H3,(H,29,34). The molecule has 0 spiro atoms. The van der Waals surface area contributed by atoms with Crippen molar-refractivity contribution in [2.45, 2.75) is 65.0 Å². The molecule has 1 aliphatic carbocycles. The number of pyridine rings is 1. The van der Waals surface area contributed by atoms with Crippen LogP contribution in [0.15, 0.2) is 12.3 Å². The molecule has 196 valence electrons. The van der Waals surface area contributed by atoms with Gasteiger partial charge in [0.2, 0.25) is 11.8 Å². The fraction of sp³-hybridized carbons (Fsp3) is 0.654. The number of carbonyl (C=O) groups excluding carboxylic acids is 3. The average molecular weight is 498 g/mol. The second kappa shape index (κ2) is 10.2. The molecule has 1 N–H and O–H groups in total. The Hall–Kier alpha value is -3.01. The van der Waals surface area contributed by atoms with Gasteiger partial charge in [-0.1, -0.05) is 0 Å². The van der Waals surface area contributed by atoms with Gasteiger partial charge in [0, 0.05) is 56.4 Å². The monoisotopic (exact) mass is 497 g/mol. The lowest BCUT2D eigenvalue weighted by atomic mass is 10.1. The summed E-state index contributed by atoms with van der Waals surface area (Å²) in [4.78, 5) is 48.8. The molecule has 2 fully saturated rings. The van der Waals surface area contributed by atoms with Crippen LogP contribution in [0.4, 0.5) is 0 Å². The normalized spacial score (nSPS) is 17.0. The predicted molar refractivity (Wildman–Crippen MR) is 138 cm³/mol. The van der Waals surface area contributed by atoms with Gasteiger partial charge in [-0.05, 0) is 53.5 Å². The van der Waals surface area contributed by atoms with Crippen LogP contribution in [0, 0.1) is 0 Å². The van der Waals surface area contributed by atoms with E-state index < -0.39 is 0 Å². The number of carbonyl (C=O) groups is 3. The topological polar surface area (TPSA) is 104 Å². The number of hydrogen-bond acceptors (Lipinski definition) is 6. The fourth-order valence-corrected chi connectivity index (χ4v) is 4.58. The first kappa shape index (κ1) is 26.1. The minimum absolute atomic E-state index is 0.00421. The molecule has 0 aromatic carbocycles. The van der Waals surface area contributed by atoms with E-state index >= 15 is 0 Å². The summed E-state index contributed by atoms with van der Waals surface area (Å²) in [7, 11) is 1.67. The molecular formula is C26H39N7O3. The van der Waals surface area contributed by atoms with E-state index in [9.17, 15) is 14.4 Å². The molecule has 3 amide bonds. The van der Waals surface area contributed by atoms with Crippen LogP contribution in [0.25, 0.3) is 11.0 Å². The number of fused-ring (bicyclic) bond motifs is 1. The number of rotatable bonds is 7. The average Bonchev–Trinajstić information content (AvgIpc) is 3.55. The smallest absolute Gasteiger partial charge is 0.254 e. The Bertz CT molecular complexity index is 1140. The summed E-state index contributed by atoms with van der Waals surface area (Å²) in [6, 6.07) is 2.02. The van der Waals surface area contributed by atoms with Crippen LogP contribution in [0.1, 0.15) is 75.5 Å². The number of piperazine rings is 1.